The fraction of sp³-hybridized carbons (Fsp3) is 0.684. The molecule has 0 unspecified atom stereocenters. The third-order valence-corrected chi connectivity index (χ3v) is 3.44. The van der Waals surface area contributed by atoms with Crippen LogP contribution >= 0.6 is 0 Å². The molecule has 0 bridgehead atoms. The van der Waals surface area contributed by atoms with Gasteiger partial charge in [0.1, 0.15) is 6.10 Å². The molecule has 0 N–H and O–H groups in total. The molecule has 0 aromatic rings. The summed E-state index contributed by atoms with van der Waals surface area (Å²) in [6, 6.07) is 0. The van der Waals surface area contributed by atoms with Crippen LogP contribution in [0.5, 0.6) is 0 Å². The monoisotopic (exact) mass is 324 g/mol. The van der Waals surface area contributed by atoms with E-state index in [1.54, 1.807) is 6.92 Å². The van der Waals surface area contributed by atoms with Crippen LogP contribution in [0.4, 0.5) is 0 Å². The fourth-order valence-electron chi connectivity index (χ4n) is 2.16. The lowest BCUT2D eigenvalue weighted by atomic mass is 10.1. The van der Waals surface area contributed by atoms with Crippen LogP contribution < -0.4 is 0 Å². The summed E-state index contributed by atoms with van der Waals surface area (Å²) in [4.78, 5) is 22.8. The highest BCUT2D eigenvalue weighted by atomic mass is 16.6. The molecular weight excluding hydrogens is 292 g/mol. The molecule has 0 fully saturated rings. The van der Waals surface area contributed by atoms with Crippen LogP contribution in [0.2, 0.25) is 0 Å². The van der Waals surface area contributed by atoms with E-state index in [1.165, 1.54) is 39.0 Å². The molecule has 0 aliphatic rings. The minimum absolute atomic E-state index is 0.0562. The van der Waals surface area contributed by atoms with Crippen LogP contribution in [-0.2, 0) is 19.1 Å². The van der Waals surface area contributed by atoms with Gasteiger partial charge in [0.2, 0.25) is 0 Å². The Morgan fingerprint density at radius 2 is 1.74 bits per heavy atom. The molecule has 4 heteroatoms. The maximum Gasteiger partial charge on any atom is 0.309 e. The Morgan fingerprint density at radius 1 is 1.04 bits per heavy atom. The van der Waals surface area contributed by atoms with Crippen molar-refractivity contribution in [1.82, 2.24) is 0 Å². The number of carbonyl (C=O) groups excluding carboxylic acids is 2. The molecule has 0 rings (SSSR count). The van der Waals surface area contributed by atoms with Crippen molar-refractivity contribution in [2.45, 2.75) is 78.7 Å². The smallest absolute Gasteiger partial charge is 0.309 e. The minimum Gasteiger partial charge on any atom is -0.466 e. The number of allylic oxidation sites excluding steroid dienone is 3. The Bertz CT molecular complexity index is 396. The number of rotatable bonds is 12. The number of ether oxygens (including phenoxy) is 2. The lowest BCUT2D eigenvalue weighted by molar-refractivity contribution is -0.151. The Labute approximate surface area is 140 Å². The first kappa shape index (κ1) is 21.4. The summed E-state index contributed by atoms with van der Waals surface area (Å²) < 4.78 is 10.1. The van der Waals surface area contributed by atoms with Gasteiger partial charge in [0.25, 0.3) is 0 Å². The van der Waals surface area contributed by atoms with Gasteiger partial charge in [0.15, 0.2) is 0 Å². The van der Waals surface area contributed by atoms with Crippen molar-refractivity contribution in [2.75, 3.05) is 6.61 Å². The topological polar surface area (TPSA) is 52.6 Å². The van der Waals surface area contributed by atoms with Gasteiger partial charge in [-0.1, -0.05) is 50.8 Å². The molecule has 132 valence electrons. The Balaban J connectivity index is 4.35. The standard InChI is InChI=1S/C19H32O4/c1-5-7-8-9-10-11-12-13-14-16(3)18(23-17(4)20)15-19(21)22-6-2/h12-14,18H,5-11,15H2,1-4H3/b13-12+,16-14+/t18-/m1/s1. The molecule has 1 atom stereocenters. The molecule has 0 saturated heterocycles. The van der Waals surface area contributed by atoms with E-state index in [4.69, 9.17) is 9.47 Å². The lowest BCUT2D eigenvalue weighted by Crippen LogP contribution is -2.22. The average molecular weight is 324 g/mol. The van der Waals surface area contributed by atoms with E-state index in [9.17, 15) is 9.59 Å². The van der Waals surface area contributed by atoms with Gasteiger partial charge in [0, 0.05) is 6.92 Å². The van der Waals surface area contributed by atoms with E-state index >= 15 is 0 Å². The Hall–Kier alpha value is -1.58. The van der Waals surface area contributed by atoms with Crippen LogP contribution in [0, 0.1) is 0 Å². The second-order valence-electron chi connectivity index (χ2n) is 5.65. The molecule has 0 aromatic heterocycles. The predicted molar refractivity (Wildman–Crippen MR) is 93.1 cm³/mol. The third-order valence-electron chi connectivity index (χ3n) is 3.44. The van der Waals surface area contributed by atoms with Gasteiger partial charge in [-0.05, 0) is 32.3 Å². The SMILES string of the molecule is CCCCCCC/C=C/C=C(\C)[C@@H](CC(=O)OCC)OC(C)=O. The maximum atomic E-state index is 11.6. The van der Waals surface area contributed by atoms with E-state index in [-0.39, 0.29) is 12.4 Å². The number of esters is 2. The van der Waals surface area contributed by atoms with Gasteiger partial charge >= 0.3 is 11.9 Å². The van der Waals surface area contributed by atoms with Gasteiger partial charge in [0.05, 0.1) is 13.0 Å². The summed E-state index contributed by atoms with van der Waals surface area (Å²) in [7, 11) is 0. The van der Waals surface area contributed by atoms with Gasteiger partial charge < -0.3 is 9.47 Å². The van der Waals surface area contributed by atoms with Crippen LogP contribution in [0.25, 0.3) is 0 Å². The predicted octanol–water partition coefficient (Wildman–Crippen LogP) is 4.73. The van der Waals surface area contributed by atoms with E-state index in [0.717, 1.165) is 12.0 Å². The molecule has 0 aromatic carbocycles. The Morgan fingerprint density at radius 3 is 2.35 bits per heavy atom. The molecule has 23 heavy (non-hydrogen) atoms. The van der Waals surface area contributed by atoms with Gasteiger partial charge in [-0.2, -0.15) is 0 Å². The van der Waals surface area contributed by atoms with Crippen LogP contribution in [0.1, 0.15) is 72.6 Å². The summed E-state index contributed by atoms with van der Waals surface area (Å²) in [6.45, 7) is 7.50. The van der Waals surface area contributed by atoms with Crippen molar-refractivity contribution in [1.29, 1.82) is 0 Å². The number of hydrogen-bond acceptors (Lipinski definition) is 4. The molecule has 0 aliphatic heterocycles. The van der Waals surface area contributed by atoms with Crippen molar-refractivity contribution in [3.05, 3.63) is 23.8 Å². The molecular formula is C19H32O4. The quantitative estimate of drug-likeness (QED) is 0.296. The van der Waals surface area contributed by atoms with Crippen LogP contribution in [0.3, 0.4) is 0 Å². The van der Waals surface area contributed by atoms with Crippen molar-refractivity contribution in [3.8, 4) is 0 Å². The van der Waals surface area contributed by atoms with E-state index in [1.807, 2.05) is 19.1 Å². The second-order valence-corrected chi connectivity index (χ2v) is 5.65. The van der Waals surface area contributed by atoms with Gasteiger partial charge in [-0.15, -0.1) is 0 Å². The normalized spacial score (nSPS) is 13.1. The molecule has 0 saturated carbocycles. The van der Waals surface area contributed by atoms with E-state index < -0.39 is 12.1 Å². The third kappa shape index (κ3) is 12.6. The van der Waals surface area contributed by atoms with Gasteiger partial charge in [-0.25, -0.2) is 0 Å². The number of unbranched alkanes of at least 4 members (excludes halogenated alkanes) is 5. The van der Waals surface area contributed by atoms with Crippen molar-refractivity contribution >= 4 is 11.9 Å². The average Bonchev–Trinajstić information content (AvgIpc) is 2.49. The molecule has 0 heterocycles. The zero-order chi connectivity index (χ0) is 17.5. The summed E-state index contributed by atoms with van der Waals surface area (Å²) in [5, 5.41) is 0. The zero-order valence-electron chi connectivity index (χ0n) is 15.1. The summed E-state index contributed by atoms with van der Waals surface area (Å²) >= 11 is 0. The first-order valence-electron chi connectivity index (χ1n) is 8.67. The number of hydrogen-bond donors (Lipinski definition) is 0. The summed E-state index contributed by atoms with van der Waals surface area (Å²) in [5.74, 6) is -0.752. The summed E-state index contributed by atoms with van der Waals surface area (Å²) in [5.41, 5.74) is 0.843. The fourth-order valence-corrected chi connectivity index (χ4v) is 2.16. The van der Waals surface area contributed by atoms with E-state index in [0.29, 0.717) is 6.61 Å². The number of carbonyl (C=O) groups is 2. The molecule has 0 spiro atoms. The van der Waals surface area contributed by atoms with Crippen molar-refractivity contribution < 1.29 is 19.1 Å². The maximum absolute atomic E-state index is 11.6. The first-order valence-corrected chi connectivity index (χ1v) is 8.67. The minimum atomic E-state index is -0.555. The second kappa shape index (κ2) is 14.0. The highest BCUT2D eigenvalue weighted by Gasteiger charge is 2.19. The largest absolute Gasteiger partial charge is 0.466 e. The lowest BCUT2D eigenvalue weighted by Gasteiger charge is -2.16. The highest BCUT2D eigenvalue weighted by Crippen LogP contribution is 2.13. The first-order chi connectivity index (χ1) is 11.0. The van der Waals surface area contributed by atoms with E-state index in [2.05, 4.69) is 13.0 Å². The molecule has 0 radical (unpaired) electrons. The molecule has 0 aliphatic carbocycles. The van der Waals surface area contributed by atoms with Crippen LogP contribution in [0.15, 0.2) is 23.8 Å². The summed E-state index contributed by atoms with van der Waals surface area (Å²) in [6.07, 6.45) is 12.9. The Kier molecular flexibility index (Phi) is 13.1. The molecule has 4 nitrogen and oxygen atoms in total. The highest BCUT2D eigenvalue weighted by molar-refractivity contribution is 5.72. The van der Waals surface area contributed by atoms with Crippen molar-refractivity contribution in [2.24, 2.45) is 0 Å². The van der Waals surface area contributed by atoms with Crippen LogP contribution in [-0.4, -0.2) is 24.6 Å². The van der Waals surface area contributed by atoms with Gasteiger partial charge in [-0.3, -0.25) is 9.59 Å². The zero-order valence-corrected chi connectivity index (χ0v) is 15.1. The molecule has 0 amide bonds. The van der Waals surface area contributed by atoms with Crippen molar-refractivity contribution in [3.63, 3.8) is 0 Å².